The monoisotopic (exact) mass is 276 g/mol. The Morgan fingerprint density at radius 3 is 2.85 bits per heavy atom. The minimum absolute atomic E-state index is 0.0602. The Morgan fingerprint density at radius 1 is 1.55 bits per heavy atom. The van der Waals surface area contributed by atoms with Gasteiger partial charge in [-0.1, -0.05) is 0 Å². The lowest BCUT2D eigenvalue weighted by Crippen LogP contribution is -2.27. The lowest BCUT2D eigenvalue weighted by Gasteiger charge is -2.11. The van der Waals surface area contributed by atoms with Crippen molar-refractivity contribution in [3.63, 3.8) is 0 Å². The molecule has 0 saturated carbocycles. The lowest BCUT2D eigenvalue weighted by atomic mass is 10.1. The first-order chi connectivity index (χ1) is 9.49. The van der Waals surface area contributed by atoms with Crippen LogP contribution >= 0.6 is 0 Å². The van der Waals surface area contributed by atoms with Gasteiger partial charge < -0.3 is 11.1 Å². The number of aromatic amines is 1. The molecule has 0 saturated heterocycles. The summed E-state index contributed by atoms with van der Waals surface area (Å²) in [4.78, 5) is 25.9. The summed E-state index contributed by atoms with van der Waals surface area (Å²) in [5.41, 5.74) is 5.48. The van der Waals surface area contributed by atoms with Crippen molar-refractivity contribution in [2.75, 3.05) is 5.73 Å². The number of nitro benzene ring substituents is 1. The van der Waals surface area contributed by atoms with E-state index in [2.05, 4.69) is 20.5 Å². The molecule has 1 aromatic heterocycles. The number of nitrogens with two attached hydrogens (primary N) is 1. The molecule has 0 radical (unpaired) electrons. The molecule has 1 heterocycles. The fourth-order valence-electron chi connectivity index (χ4n) is 1.63. The second-order valence-electron chi connectivity index (χ2n) is 4.10. The first kappa shape index (κ1) is 13.5. The van der Waals surface area contributed by atoms with Gasteiger partial charge >= 0.3 is 0 Å². The number of benzene rings is 1. The number of nitrogens with one attached hydrogen (secondary N) is 2. The first-order valence-electron chi connectivity index (χ1n) is 5.69. The van der Waals surface area contributed by atoms with Crippen LogP contribution in [0.1, 0.15) is 29.1 Å². The van der Waals surface area contributed by atoms with Gasteiger partial charge in [-0.3, -0.25) is 20.0 Å². The second-order valence-corrected chi connectivity index (χ2v) is 4.10. The van der Waals surface area contributed by atoms with Crippen molar-refractivity contribution < 1.29 is 9.72 Å². The number of nitrogens with zero attached hydrogens (tertiary/aromatic N) is 3. The molecular weight excluding hydrogens is 264 g/mol. The molecule has 0 fully saturated rings. The molecule has 1 amide bonds. The van der Waals surface area contributed by atoms with Crippen molar-refractivity contribution in [2.24, 2.45) is 0 Å². The average Bonchev–Trinajstić information content (AvgIpc) is 2.91. The van der Waals surface area contributed by atoms with E-state index in [9.17, 15) is 14.9 Å². The number of anilines is 1. The number of nitrogen functional groups attached to an aromatic ring is 1. The number of carbonyl (C=O) groups excluding carboxylic acids is 1. The summed E-state index contributed by atoms with van der Waals surface area (Å²) in [5, 5.41) is 19.6. The van der Waals surface area contributed by atoms with Crippen molar-refractivity contribution in [2.45, 2.75) is 13.0 Å². The van der Waals surface area contributed by atoms with E-state index in [1.54, 1.807) is 6.92 Å². The number of nitro groups is 1. The Kier molecular flexibility index (Phi) is 3.60. The number of rotatable bonds is 4. The maximum absolute atomic E-state index is 12.0. The Bertz CT molecular complexity index is 640. The number of H-pyrrole nitrogens is 1. The second kappa shape index (κ2) is 5.34. The Balaban J connectivity index is 2.14. The molecule has 0 aliphatic heterocycles. The molecule has 4 N–H and O–H groups in total. The number of amides is 1. The number of carbonyl (C=O) groups is 1. The van der Waals surface area contributed by atoms with Gasteiger partial charge in [0.15, 0.2) is 0 Å². The van der Waals surface area contributed by atoms with E-state index in [0.29, 0.717) is 5.82 Å². The highest BCUT2D eigenvalue weighted by molar-refractivity contribution is 5.95. The zero-order chi connectivity index (χ0) is 14.7. The Labute approximate surface area is 113 Å². The van der Waals surface area contributed by atoms with Crippen molar-refractivity contribution in [1.29, 1.82) is 0 Å². The number of hydrogen-bond acceptors (Lipinski definition) is 6. The SMILES string of the molecule is CC(NC(=O)c1ccc([N+](=O)[O-])c(N)c1)c1ncn[nH]1. The van der Waals surface area contributed by atoms with Crippen molar-refractivity contribution >= 4 is 17.3 Å². The van der Waals surface area contributed by atoms with E-state index in [0.717, 1.165) is 0 Å². The van der Waals surface area contributed by atoms with Crippen LogP contribution in [-0.2, 0) is 0 Å². The highest BCUT2D eigenvalue weighted by atomic mass is 16.6. The summed E-state index contributed by atoms with van der Waals surface area (Å²) < 4.78 is 0. The molecule has 104 valence electrons. The molecule has 0 aliphatic carbocycles. The van der Waals surface area contributed by atoms with Gasteiger partial charge in [0.05, 0.1) is 11.0 Å². The highest BCUT2D eigenvalue weighted by Gasteiger charge is 2.17. The topological polar surface area (TPSA) is 140 Å². The largest absolute Gasteiger partial charge is 0.393 e. The molecule has 1 aromatic carbocycles. The van der Waals surface area contributed by atoms with Gasteiger partial charge in [0, 0.05) is 11.6 Å². The van der Waals surface area contributed by atoms with Gasteiger partial charge in [-0.25, -0.2) is 4.98 Å². The summed E-state index contributed by atoms with van der Waals surface area (Å²) in [7, 11) is 0. The van der Waals surface area contributed by atoms with Crippen LogP contribution in [0.5, 0.6) is 0 Å². The number of hydrogen-bond donors (Lipinski definition) is 3. The third-order valence-corrected chi connectivity index (χ3v) is 2.68. The third-order valence-electron chi connectivity index (χ3n) is 2.68. The third kappa shape index (κ3) is 2.71. The lowest BCUT2D eigenvalue weighted by molar-refractivity contribution is -0.383. The van der Waals surface area contributed by atoms with Crippen LogP contribution in [0.15, 0.2) is 24.5 Å². The fourth-order valence-corrected chi connectivity index (χ4v) is 1.63. The normalized spacial score (nSPS) is 11.8. The fraction of sp³-hybridized carbons (Fsp3) is 0.182. The quantitative estimate of drug-likeness (QED) is 0.428. The average molecular weight is 276 g/mol. The van der Waals surface area contributed by atoms with Crippen molar-refractivity contribution in [3.8, 4) is 0 Å². The molecule has 20 heavy (non-hydrogen) atoms. The van der Waals surface area contributed by atoms with Crippen molar-refractivity contribution in [3.05, 3.63) is 46.0 Å². The van der Waals surface area contributed by atoms with E-state index in [1.165, 1.54) is 24.5 Å². The molecule has 2 rings (SSSR count). The summed E-state index contributed by atoms with van der Waals surface area (Å²) in [6, 6.07) is 3.43. The summed E-state index contributed by atoms with van der Waals surface area (Å²) in [6.07, 6.45) is 1.34. The van der Waals surface area contributed by atoms with Crippen molar-refractivity contribution in [1.82, 2.24) is 20.5 Å². The maximum atomic E-state index is 12.0. The zero-order valence-electron chi connectivity index (χ0n) is 10.5. The van der Waals surface area contributed by atoms with E-state index in [4.69, 9.17) is 5.73 Å². The predicted molar refractivity (Wildman–Crippen MR) is 69.8 cm³/mol. The van der Waals surface area contributed by atoms with Gasteiger partial charge in [0.25, 0.3) is 11.6 Å². The smallest absolute Gasteiger partial charge is 0.292 e. The van der Waals surface area contributed by atoms with Gasteiger partial charge in [-0.15, -0.1) is 0 Å². The predicted octanol–water partition coefficient (Wildman–Crippen LogP) is 0.786. The molecule has 0 aliphatic rings. The van der Waals surface area contributed by atoms with E-state index in [1.807, 2.05) is 0 Å². The molecule has 9 nitrogen and oxygen atoms in total. The van der Waals surface area contributed by atoms with Crippen LogP contribution in [-0.4, -0.2) is 26.0 Å². The van der Waals surface area contributed by atoms with Crippen LogP contribution in [0.2, 0.25) is 0 Å². The summed E-state index contributed by atoms with van der Waals surface area (Å²) in [6.45, 7) is 1.73. The molecule has 1 unspecified atom stereocenters. The van der Waals surface area contributed by atoms with Crippen LogP contribution in [0.25, 0.3) is 0 Å². The van der Waals surface area contributed by atoms with Crippen LogP contribution in [0.4, 0.5) is 11.4 Å². The van der Waals surface area contributed by atoms with E-state index in [-0.39, 0.29) is 23.0 Å². The Hall–Kier alpha value is -2.97. The highest BCUT2D eigenvalue weighted by Crippen LogP contribution is 2.22. The Morgan fingerprint density at radius 2 is 2.30 bits per heavy atom. The number of aromatic nitrogens is 3. The van der Waals surface area contributed by atoms with Crippen LogP contribution < -0.4 is 11.1 Å². The van der Waals surface area contributed by atoms with E-state index < -0.39 is 10.8 Å². The minimum Gasteiger partial charge on any atom is -0.393 e. The van der Waals surface area contributed by atoms with Gasteiger partial charge in [-0.05, 0) is 19.1 Å². The summed E-state index contributed by atoms with van der Waals surface area (Å²) in [5.74, 6) is 0.101. The molecule has 1 atom stereocenters. The molecule has 0 spiro atoms. The van der Waals surface area contributed by atoms with Crippen LogP contribution in [0, 0.1) is 10.1 Å². The molecule has 9 heteroatoms. The maximum Gasteiger partial charge on any atom is 0.292 e. The standard InChI is InChI=1S/C11H12N6O3/c1-6(10-13-5-14-16-10)15-11(18)7-2-3-9(17(19)20)8(12)4-7/h2-6H,12H2,1H3,(H,15,18)(H,13,14,16). The first-order valence-corrected chi connectivity index (χ1v) is 5.69. The van der Waals surface area contributed by atoms with Gasteiger partial charge in [0.2, 0.25) is 0 Å². The molecule has 0 bridgehead atoms. The van der Waals surface area contributed by atoms with E-state index >= 15 is 0 Å². The van der Waals surface area contributed by atoms with Gasteiger partial charge in [-0.2, -0.15) is 5.10 Å². The minimum atomic E-state index is -0.603. The zero-order valence-corrected chi connectivity index (χ0v) is 10.5. The summed E-state index contributed by atoms with van der Waals surface area (Å²) >= 11 is 0. The van der Waals surface area contributed by atoms with Gasteiger partial charge in [0.1, 0.15) is 17.8 Å². The molecule has 2 aromatic rings. The van der Waals surface area contributed by atoms with Crippen LogP contribution in [0.3, 0.4) is 0 Å². The molecular formula is C11H12N6O3.